The Hall–Kier alpha value is -1.09. The first-order chi connectivity index (χ1) is 6.11. The van der Waals surface area contributed by atoms with E-state index in [1.54, 1.807) is 0 Å². The van der Waals surface area contributed by atoms with Crippen molar-refractivity contribution in [3.63, 3.8) is 0 Å². The Labute approximate surface area is 80.3 Å². The lowest BCUT2D eigenvalue weighted by Gasteiger charge is -2.08. The third kappa shape index (κ3) is 1.65. The van der Waals surface area contributed by atoms with E-state index in [0.29, 0.717) is 6.29 Å². The molecule has 0 fully saturated rings. The summed E-state index contributed by atoms with van der Waals surface area (Å²) in [5, 5.41) is 0.239. The van der Waals surface area contributed by atoms with Crippen molar-refractivity contribution in [2.75, 3.05) is 7.11 Å². The van der Waals surface area contributed by atoms with Crippen molar-refractivity contribution in [1.82, 2.24) is 0 Å². The van der Waals surface area contributed by atoms with E-state index < -0.39 is 5.82 Å². The smallest absolute Gasteiger partial charge is 0.153 e. The SMILES string of the molecule is COc1c(Cl)cc(C=O)c(F)c1C. The summed E-state index contributed by atoms with van der Waals surface area (Å²) >= 11 is 5.73. The Bertz CT molecular complexity index is 350. The normalized spacial score (nSPS) is 9.85. The van der Waals surface area contributed by atoms with E-state index in [1.807, 2.05) is 0 Å². The Morgan fingerprint density at radius 2 is 2.23 bits per heavy atom. The summed E-state index contributed by atoms with van der Waals surface area (Å²) in [6, 6.07) is 1.25. The highest BCUT2D eigenvalue weighted by Crippen LogP contribution is 2.31. The fourth-order valence-electron chi connectivity index (χ4n) is 1.10. The van der Waals surface area contributed by atoms with E-state index in [4.69, 9.17) is 16.3 Å². The zero-order valence-electron chi connectivity index (χ0n) is 7.23. The number of benzene rings is 1. The summed E-state index contributed by atoms with van der Waals surface area (Å²) < 4.78 is 18.1. The first-order valence-electron chi connectivity index (χ1n) is 3.59. The van der Waals surface area contributed by atoms with Crippen LogP contribution in [0.4, 0.5) is 4.39 Å². The van der Waals surface area contributed by atoms with Crippen molar-refractivity contribution in [1.29, 1.82) is 0 Å². The van der Waals surface area contributed by atoms with Gasteiger partial charge in [0.2, 0.25) is 0 Å². The van der Waals surface area contributed by atoms with Gasteiger partial charge >= 0.3 is 0 Å². The number of hydrogen-bond acceptors (Lipinski definition) is 2. The van der Waals surface area contributed by atoms with Crippen LogP contribution in [-0.4, -0.2) is 13.4 Å². The maximum atomic E-state index is 13.3. The standard InChI is InChI=1S/C9H8ClFO2/c1-5-8(11)6(4-12)3-7(10)9(5)13-2/h3-4H,1-2H3. The first-order valence-corrected chi connectivity index (χ1v) is 3.97. The molecule has 13 heavy (non-hydrogen) atoms. The molecule has 0 heterocycles. The number of halogens is 2. The van der Waals surface area contributed by atoms with Gasteiger partial charge in [0.15, 0.2) is 6.29 Å². The summed E-state index contributed by atoms with van der Waals surface area (Å²) in [5.41, 5.74) is 0.195. The predicted octanol–water partition coefficient (Wildman–Crippen LogP) is 2.61. The highest BCUT2D eigenvalue weighted by atomic mass is 35.5. The quantitative estimate of drug-likeness (QED) is 0.689. The second-order valence-corrected chi connectivity index (χ2v) is 2.94. The molecule has 0 aliphatic heterocycles. The topological polar surface area (TPSA) is 26.3 Å². The molecule has 0 saturated carbocycles. The molecule has 1 rings (SSSR count). The number of ether oxygens (including phenoxy) is 1. The van der Waals surface area contributed by atoms with Crippen LogP contribution in [0.1, 0.15) is 15.9 Å². The Kier molecular flexibility index (Phi) is 2.88. The van der Waals surface area contributed by atoms with Crippen LogP contribution in [0.15, 0.2) is 6.07 Å². The van der Waals surface area contributed by atoms with Gasteiger partial charge in [-0.25, -0.2) is 4.39 Å². The lowest BCUT2D eigenvalue weighted by molar-refractivity contribution is 0.111. The molecule has 1 aromatic rings. The van der Waals surface area contributed by atoms with Crippen molar-refractivity contribution >= 4 is 17.9 Å². The van der Waals surface area contributed by atoms with Crippen LogP contribution >= 0.6 is 11.6 Å². The fraction of sp³-hybridized carbons (Fsp3) is 0.222. The third-order valence-corrected chi connectivity index (χ3v) is 2.03. The number of aldehydes is 1. The molecular formula is C9H8ClFO2. The molecule has 0 saturated heterocycles. The zero-order valence-corrected chi connectivity index (χ0v) is 7.98. The van der Waals surface area contributed by atoms with E-state index in [9.17, 15) is 9.18 Å². The molecule has 1 aromatic carbocycles. The van der Waals surface area contributed by atoms with Crippen LogP contribution in [0.25, 0.3) is 0 Å². The summed E-state index contributed by atoms with van der Waals surface area (Å²) in [7, 11) is 1.40. The fourth-order valence-corrected chi connectivity index (χ4v) is 1.43. The van der Waals surface area contributed by atoms with E-state index in [1.165, 1.54) is 20.1 Å². The third-order valence-electron chi connectivity index (χ3n) is 1.75. The van der Waals surface area contributed by atoms with Crippen LogP contribution < -0.4 is 4.74 Å². The molecule has 0 spiro atoms. The van der Waals surface area contributed by atoms with Crippen LogP contribution in [0.5, 0.6) is 5.75 Å². The number of carbonyl (C=O) groups excluding carboxylic acids is 1. The number of carbonyl (C=O) groups is 1. The van der Waals surface area contributed by atoms with Gasteiger partial charge < -0.3 is 4.74 Å². The van der Waals surface area contributed by atoms with Gasteiger partial charge in [0, 0.05) is 5.56 Å². The molecule has 0 aliphatic carbocycles. The monoisotopic (exact) mass is 202 g/mol. The van der Waals surface area contributed by atoms with Crippen molar-refractivity contribution in [2.24, 2.45) is 0 Å². The Morgan fingerprint density at radius 1 is 1.62 bits per heavy atom. The average molecular weight is 203 g/mol. The summed E-state index contributed by atoms with van der Waals surface area (Å²) in [6.07, 6.45) is 0.424. The molecule has 2 nitrogen and oxygen atoms in total. The molecule has 70 valence electrons. The maximum absolute atomic E-state index is 13.3. The van der Waals surface area contributed by atoms with Crippen LogP contribution in [-0.2, 0) is 0 Å². The van der Waals surface area contributed by atoms with Crippen molar-refractivity contribution in [3.8, 4) is 5.75 Å². The van der Waals surface area contributed by atoms with Gasteiger partial charge in [0.05, 0.1) is 17.7 Å². The number of hydrogen-bond donors (Lipinski definition) is 0. The molecule has 0 aliphatic rings. The summed E-state index contributed by atoms with van der Waals surface area (Å²) in [4.78, 5) is 10.4. The van der Waals surface area contributed by atoms with Crippen molar-refractivity contribution in [2.45, 2.75) is 6.92 Å². The summed E-state index contributed by atoms with van der Waals surface area (Å²) in [5.74, 6) is -0.319. The first kappa shape index (κ1) is 9.99. The zero-order chi connectivity index (χ0) is 10.0. The van der Waals surface area contributed by atoms with E-state index in [2.05, 4.69) is 0 Å². The van der Waals surface area contributed by atoms with Gasteiger partial charge in [0.25, 0.3) is 0 Å². The molecule has 0 aromatic heterocycles. The molecular weight excluding hydrogens is 195 g/mol. The molecule has 0 N–H and O–H groups in total. The molecule has 0 amide bonds. The minimum absolute atomic E-state index is 0.0525. The second-order valence-electron chi connectivity index (χ2n) is 2.54. The van der Waals surface area contributed by atoms with E-state index in [0.717, 1.165) is 0 Å². The molecule has 0 unspecified atom stereocenters. The number of methoxy groups -OCH3 is 1. The van der Waals surface area contributed by atoms with E-state index in [-0.39, 0.29) is 21.9 Å². The highest BCUT2D eigenvalue weighted by molar-refractivity contribution is 6.32. The Balaban J connectivity index is 3.45. The Morgan fingerprint density at radius 3 is 2.69 bits per heavy atom. The lowest BCUT2D eigenvalue weighted by atomic mass is 10.1. The maximum Gasteiger partial charge on any atom is 0.153 e. The minimum Gasteiger partial charge on any atom is -0.495 e. The van der Waals surface area contributed by atoms with Gasteiger partial charge in [-0.15, -0.1) is 0 Å². The van der Waals surface area contributed by atoms with Crippen molar-refractivity contribution < 1.29 is 13.9 Å². The minimum atomic E-state index is -0.587. The molecule has 0 bridgehead atoms. The van der Waals surface area contributed by atoms with Crippen LogP contribution in [0.3, 0.4) is 0 Å². The lowest BCUT2D eigenvalue weighted by Crippen LogP contribution is -1.96. The van der Waals surface area contributed by atoms with Crippen LogP contribution in [0, 0.1) is 12.7 Å². The van der Waals surface area contributed by atoms with Gasteiger partial charge in [-0.1, -0.05) is 11.6 Å². The van der Waals surface area contributed by atoms with Crippen LogP contribution in [0.2, 0.25) is 5.02 Å². The molecule has 4 heteroatoms. The van der Waals surface area contributed by atoms with Gasteiger partial charge in [-0.2, -0.15) is 0 Å². The van der Waals surface area contributed by atoms with Gasteiger partial charge in [-0.3, -0.25) is 4.79 Å². The van der Waals surface area contributed by atoms with Crippen molar-refractivity contribution in [3.05, 3.63) is 28.0 Å². The van der Waals surface area contributed by atoms with Gasteiger partial charge in [0.1, 0.15) is 11.6 Å². The number of rotatable bonds is 2. The second kappa shape index (κ2) is 3.75. The predicted molar refractivity (Wildman–Crippen MR) is 48.1 cm³/mol. The average Bonchev–Trinajstić information content (AvgIpc) is 2.12. The van der Waals surface area contributed by atoms with Gasteiger partial charge in [-0.05, 0) is 13.0 Å². The molecule has 0 atom stereocenters. The molecule has 0 radical (unpaired) electrons. The highest BCUT2D eigenvalue weighted by Gasteiger charge is 2.13. The van der Waals surface area contributed by atoms with E-state index >= 15 is 0 Å². The largest absolute Gasteiger partial charge is 0.495 e. The summed E-state index contributed by atoms with van der Waals surface area (Å²) in [6.45, 7) is 1.51.